The third kappa shape index (κ3) is 10.2. The molecule has 0 saturated carbocycles. The van der Waals surface area contributed by atoms with Crippen LogP contribution >= 0.6 is 0 Å². The van der Waals surface area contributed by atoms with Gasteiger partial charge in [-0.3, -0.25) is 0 Å². The van der Waals surface area contributed by atoms with E-state index >= 15 is 0 Å². The first-order valence-electron chi connectivity index (χ1n) is 6.89. The van der Waals surface area contributed by atoms with E-state index in [-0.39, 0.29) is 0 Å². The summed E-state index contributed by atoms with van der Waals surface area (Å²) < 4.78 is 0. The summed E-state index contributed by atoms with van der Waals surface area (Å²) in [6.45, 7) is 11.6. The van der Waals surface area contributed by atoms with Crippen molar-refractivity contribution in [1.82, 2.24) is 5.32 Å². The van der Waals surface area contributed by atoms with Gasteiger partial charge in [0.1, 0.15) is 0 Å². The van der Waals surface area contributed by atoms with Crippen LogP contribution in [0.3, 0.4) is 0 Å². The van der Waals surface area contributed by atoms with Gasteiger partial charge >= 0.3 is 0 Å². The molecule has 0 aliphatic rings. The summed E-state index contributed by atoms with van der Waals surface area (Å²) in [7, 11) is 0. The van der Waals surface area contributed by atoms with Crippen molar-refractivity contribution in [2.45, 2.75) is 66.2 Å². The summed E-state index contributed by atoms with van der Waals surface area (Å²) in [4.78, 5) is 0. The molecule has 0 spiro atoms. The van der Waals surface area contributed by atoms with Crippen LogP contribution in [0.1, 0.15) is 66.2 Å². The zero-order valence-corrected chi connectivity index (χ0v) is 11.3. The molecule has 0 heterocycles. The molecule has 0 aromatic carbocycles. The highest BCUT2D eigenvalue weighted by atomic mass is 14.8. The number of hydrogen-bond acceptors (Lipinski definition) is 1. The van der Waals surface area contributed by atoms with Gasteiger partial charge in [0.15, 0.2) is 0 Å². The average molecular weight is 213 g/mol. The van der Waals surface area contributed by atoms with Gasteiger partial charge in [0.05, 0.1) is 0 Å². The summed E-state index contributed by atoms with van der Waals surface area (Å²) in [6.07, 6.45) is 8.38. The van der Waals surface area contributed by atoms with E-state index in [1.54, 1.807) is 0 Å². The van der Waals surface area contributed by atoms with E-state index in [1.165, 1.54) is 51.6 Å². The molecule has 0 rings (SSSR count). The molecule has 15 heavy (non-hydrogen) atoms. The minimum atomic E-state index is 0.807. The fourth-order valence-electron chi connectivity index (χ4n) is 1.60. The largest absolute Gasteiger partial charge is 0.316 e. The number of hydrogen-bond donors (Lipinski definition) is 1. The maximum atomic E-state index is 3.56. The molecule has 1 N–H and O–H groups in total. The predicted molar refractivity (Wildman–Crippen MR) is 70.2 cm³/mol. The lowest BCUT2D eigenvalue weighted by atomic mass is 9.98. The van der Waals surface area contributed by atoms with Gasteiger partial charge in [-0.15, -0.1) is 0 Å². The fraction of sp³-hybridized carbons (Fsp3) is 1.00. The van der Waals surface area contributed by atoms with E-state index in [0.29, 0.717) is 0 Å². The van der Waals surface area contributed by atoms with Gasteiger partial charge in [0.2, 0.25) is 0 Å². The first-order chi connectivity index (χ1) is 7.18. The molecule has 0 amide bonds. The maximum absolute atomic E-state index is 3.56. The Morgan fingerprint density at radius 2 is 1.47 bits per heavy atom. The first-order valence-corrected chi connectivity index (χ1v) is 6.89. The second kappa shape index (κ2) is 10.5. The quantitative estimate of drug-likeness (QED) is 0.536. The second-order valence-corrected chi connectivity index (χ2v) is 5.19. The van der Waals surface area contributed by atoms with Gasteiger partial charge in [-0.25, -0.2) is 0 Å². The Labute approximate surface area is 97.0 Å². The Hall–Kier alpha value is -0.0400. The van der Waals surface area contributed by atoms with E-state index in [9.17, 15) is 0 Å². The highest BCUT2D eigenvalue weighted by Gasteiger charge is 2.05. The lowest BCUT2D eigenvalue weighted by Crippen LogP contribution is -2.25. The summed E-state index contributed by atoms with van der Waals surface area (Å²) in [5.41, 5.74) is 0. The molecule has 0 aliphatic carbocycles. The first kappa shape index (κ1) is 15.0. The molecule has 0 aliphatic heterocycles. The molecular formula is C14H31N. The van der Waals surface area contributed by atoms with Crippen LogP contribution in [0.25, 0.3) is 0 Å². The Balaban J connectivity index is 3.05. The molecule has 0 radical (unpaired) electrons. The predicted octanol–water partition coefficient (Wildman–Crippen LogP) is 4.23. The molecular weight excluding hydrogens is 182 g/mol. The standard InChI is InChI=1S/C14H31N/c1-5-6-7-8-9-10-11-15-12-14(4)13(2)3/h13-15H,5-12H2,1-4H3. The van der Waals surface area contributed by atoms with Crippen LogP contribution in [0, 0.1) is 11.8 Å². The van der Waals surface area contributed by atoms with Crippen molar-refractivity contribution in [1.29, 1.82) is 0 Å². The van der Waals surface area contributed by atoms with Crippen molar-refractivity contribution in [2.75, 3.05) is 13.1 Å². The van der Waals surface area contributed by atoms with Crippen LogP contribution in [-0.4, -0.2) is 13.1 Å². The highest BCUT2D eigenvalue weighted by Crippen LogP contribution is 2.08. The number of nitrogens with one attached hydrogen (secondary N) is 1. The number of rotatable bonds is 10. The Kier molecular flexibility index (Phi) is 10.4. The summed E-state index contributed by atoms with van der Waals surface area (Å²) in [5, 5.41) is 3.56. The van der Waals surface area contributed by atoms with Crippen molar-refractivity contribution < 1.29 is 0 Å². The minimum absolute atomic E-state index is 0.807. The lowest BCUT2D eigenvalue weighted by Gasteiger charge is -2.15. The van der Waals surface area contributed by atoms with Crippen molar-refractivity contribution in [3.63, 3.8) is 0 Å². The Morgan fingerprint density at radius 1 is 0.867 bits per heavy atom. The smallest absolute Gasteiger partial charge is 0.00207 e. The third-order valence-corrected chi connectivity index (χ3v) is 3.31. The van der Waals surface area contributed by atoms with Gasteiger partial charge in [-0.2, -0.15) is 0 Å². The maximum Gasteiger partial charge on any atom is -0.00207 e. The molecule has 0 aromatic rings. The normalized spacial score (nSPS) is 13.4. The molecule has 0 fully saturated rings. The molecule has 0 bridgehead atoms. The Morgan fingerprint density at radius 3 is 2.07 bits per heavy atom. The van der Waals surface area contributed by atoms with Crippen LogP contribution in [-0.2, 0) is 0 Å². The van der Waals surface area contributed by atoms with Crippen LogP contribution in [0.2, 0.25) is 0 Å². The van der Waals surface area contributed by atoms with Gasteiger partial charge in [-0.05, 0) is 31.3 Å². The summed E-state index contributed by atoms with van der Waals surface area (Å²) >= 11 is 0. The number of unbranched alkanes of at least 4 members (excludes halogenated alkanes) is 5. The molecule has 1 atom stereocenters. The van der Waals surface area contributed by atoms with E-state index in [2.05, 4.69) is 33.0 Å². The van der Waals surface area contributed by atoms with Crippen molar-refractivity contribution in [3.05, 3.63) is 0 Å². The second-order valence-electron chi connectivity index (χ2n) is 5.19. The van der Waals surface area contributed by atoms with Gasteiger partial charge in [0, 0.05) is 0 Å². The molecule has 1 heteroatoms. The molecule has 92 valence electrons. The monoisotopic (exact) mass is 213 g/mol. The van der Waals surface area contributed by atoms with E-state index in [1.807, 2.05) is 0 Å². The topological polar surface area (TPSA) is 12.0 Å². The minimum Gasteiger partial charge on any atom is -0.316 e. The van der Waals surface area contributed by atoms with Crippen molar-refractivity contribution in [2.24, 2.45) is 11.8 Å². The van der Waals surface area contributed by atoms with Crippen LogP contribution in [0.5, 0.6) is 0 Å². The van der Waals surface area contributed by atoms with E-state index in [4.69, 9.17) is 0 Å². The third-order valence-electron chi connectivity index (χ3n) is 3.31. The summed E-state index contributed by atoms with van der Waals surface area (Å²) in [5.74, 6) is 1.62. The average Bonchev–Trinajstić information content (AvgIpc) is 2.21. The van der Waals surface area contributed by atoms with Crippen molar-refractivity contribution >= 4 is 0 Å². The highest BCUT2D eigenvalue weighted by molar-refractivity contribution is 4.60. The van der Waals surface area contributed by atoms with Crippen LogP contribution in [0.4, 0.5) is 0 Å². The van der Waals surface area contributed by atoms with E-state index in [0.717, 1.165) is 11.8 Å². The zero-order chi connectivity index (χ0) is 11.5. The molecule has 1 unspecified atom stereocenters. The van der Waals surface area contributed by atoms with Crippen LogP contribution in [0.15, 0.2) is 0 Å². The van der Waals surface area contributed by atoms with Gasteiger partial charge in [0.25, 0.3) is 0 Å². The van der Waals surface area contributed by atoms with E-state index < -0.39 is 0 Å². The fourth-order valence-corrected chi connectivity index (χ4v) is 1.60. The van der Waals surface area contributed by atoms with Gasteiger partial charge < -0.3 is 5.32 Å². The lowest BCUT2D eigenvalue weighted by molar-refractivity contribution is 0.390. The van der Waals surface area contributed by atoms with Crippen LogP contribution < -0.4 is 5.32 Å². The molecule has 1 nitrogen and oxygen atoms in total. The molecule has 0 aromatic heterocycles. The Bertz CT molecular complexity index is 121. The zero-order valence-electron chi connectivity index (χ0n) is 11.3. The van der Waals surface area contributed by atoms with Gasteiger partial charge in [-0.1, -0.05) is 59.8 Å². The summed E-state index contributed by atoms with van der Waals surface area (Å²) in [6, 6.07) is 0. The SMILES string of the molecule is CCCCCCCCNCC(C)C(C)C. The van der Waals surface area contributed by atoms with Crippen molar-refractivity contribution in [3.8, 4) is 0 Å². The molecule has 0 saturated heterocycles.